The molecule has 17 heavy (non-hydrogen) atoms. The molecule has 0 aromatic heterocycles. The van der Waals surface area contributed by atoms with E-state index in [-0.39, 0.29) is 5.97 Å². The van der Waals surface area contributed by atoms with Crippen molar-refractivity contribution in [2.75, 3.05) is 6.61 Å². The topological polar surface area (TPSA) is 26.3 Å². The molecule has 0 rings (SSSR count). The Morgan fingerprint density at radius 1 is 0.941 bits per heavy atom. The third-order valence-electron chi connectivity index (χ3n) is 2.43. The predicted octanol–water partition coefficient (Wildman–Crippen LogP) is 4.41. The minimum Gasteiger partial charge on any atom is -0.463 e. The van der Waals surface area contributed by atoms with E-state index >= 15 is 0 Å². The van der Waals surface area contributed by atoms with Crippen LogP contribution in [0.1, 0.15) is 58.8 Å². The highest BCUT2D eigenvalue weighted by molar-refractivity contribution is 5.81. The molecule has 2 nitrogen and oxygen atoms in total. The van der Waals surface area contributed by atoms with Crippen molar-refractivity contribution in [2.45, 2.75) is 58.8 Å². The Labute approximate surface area is 106 Å². The van der Waals surface area contributed by atoms with Crippen LogP contribution in [-0.4, -0.2) is 12.6 Å². The Kier molecular flexibility index (Phi) is 12.2. The molecule has 0 bridgehead atoms. The van der Waals surface area contributed by atoms with Crippen molar-refractivity contribution in [1.82, 2.24) is 0 Å². The Morgan fingerprint density at radius 3 is 2.35 bits per heavy atom. The van der Waals surface area contributed by atoms with Gasteiger partial charge in [-0.25, -0.2) is 4.79 Å². The first-order valence-electron chi connectivity index (χ1n) is 6.79. The molecular weight excluding hydrogens is 212 g/mol. The number of hydrogen-bond acceptors (Lipinski definition) is 2. The van der Waals surface area contributed by atoms with Crippen molar-refractivity contribution in [3.8, 4) is 0 Å². The lowest BCUT2D eigenvalue weighted by Gasteiger charge is -1.94. The molecule has 98 valence electrons. The van der Waals surface area contributed by atoms with Gasteiger partial charge in [0, 0.05) is 6.08 Å². The number of allylic oxidation sites excluding steroid dienone is 3. The SMILES string of the molecule is CCCCCCC=CCCC=CC(=O)OCC. The molecule has 0 aliphatic heterocycles. The second-order valence-electron chi connectivity index (χ2n) is 4.05. The highest BCUT2D eigenvalue weighted by Crippen LogP contribution is 2.03. The van der Waals surface area contributed by atoms with Crippen LogP contribution in [-0.2, 0) is 9.53 Å². The van der Waals surface area contributed by atoms with Gasteiger partial charge in [0.25, 0.3) is 0 Å². The van der Waals surface area contributed by atoms with E-state index in [0.29, 0.717) is 6.61 Å². The summed E-state index contributed by atoms with van der Waals surface area (Å²) in [6.45, 7) is 4.49. The number of esters is 1. The van der Waals surface area contributed by atoms with Crippen LogP contribution in [0.3, 0.4) is 0 Å². The van der Waals surface area contributed by atoms with Crippen LogP contribution in [0.4, 0.5) is 0 Å². The lowest BCUT2D eigenvalue weighted by molar-refractivity contribution is -0.137. The van der Waals surface area contributed by atoms with Crippen LogP contribution in [0.15, 0.2) is 24.3 Å². The average Bonchev–Trinajstić information content (AvgIpc) is 2.32. The van der Waals surface area contributed by atoms with Crippen molar-refractivity contribution in [1.29, 1.82) is 0 Å². The van der Waals surface area contributed by atoms with E-state index in [1.165, 1.54) is 38.2 Å². The van der Waals surface area contributed by atoms with Gasteiger partial charge in [-0.15, -0.1) is 0 Å². The molecule has 2 heteroatoms. The molecule has 0 aliphatic rings. The zero-order valence-electron chi connectivity index (χ0n) is 11.3. The van der Waals surface area contributed by atoms with Crippen LogP contribution in [0.25, 0.3) is 0 Å². The number of hydrogen-bond donors (Lipinski definition) is 0. The molecule has 0 radical (unpaired) electrons. The second kappa shape index (κ2) is 13.0. The van der Waals surface area contributed by atoms with Crippen molar-refractivity contribution in [3.63, 3.8) is 0 Å². The Bertz CT molecular complexity index is 229. The molecule has 0 aromatic carbocycles. The maximum absolute atomic E-state index is 11.0. The summed E-state index contributed by atoms with van der Waals surface area (Å²) in [5.74, 6) is -0.240. The monoisotopic (exact) mass is 238 g/mol. The van der Waals surface area contributed by atoms with Crippen LogP contribution in [0.5, 0.6) is 0 Å². The molecule has 0 atom stereocenters. The molecule has 0 saturated heterocycles. The molecule has 0 aliphatic carbocycles. The maximum atomic E-state index is 11.0. The molecule has 0 unspecified atom stereocenters. The van der Waals surface area contributed by atoms with Gasteiger partial charge < -0.3 is 4.74 Å². The van der Waals surface area contributed by atoms with Crippen molar-refractivity contribution in [2.24, 2.45) is 0 Å². The molecule has 0 saturated carbocycles. The minimum absolute atomic E-state index is 0.240. The third-order valence-corrected chi connectivity index (χ3v) is 2.43. The quantitative estimate of drug-likeness (QED) is 0.244. The van der Waals surface area contributed by atoms with Gasteiger partial charge in [0.1, 0.15) is 0 Å². The summed E-state index contributed by atoms with van der Waals surface area (Å²) in [5, 5.41) is 0. The fraction of sp³-hybridized carbons (Fsp3) is 0.667. The van der Waals surface area contributed by atoms with E-state index in [9.17, 15) is 4.79 Å². The number of unbranched alkanes of at least 4 members (excludes halogenated alkanes) is 5. The fourth-order valence-corrected chi connectivity index (χ4v) is 1.49. The number of rotatable bonds is 10. The zero-order chi connectivity index (χ0) is 12.8. The summed E-state index contributed by atoms with van der Waals surface area (Å²) in [5.41, 5.74) is 0. The second-order valence-corrected chi connectivity index (χ2v) is 4.05. The average molecular weight is 238 g/mol. The van der Waals surface area contributed by atoms with Crippen molar-refractivity contribution < 1.29 is 9.53 Å². The number of ether oxygens (including phenoxy) is 1. The summed E-state index contributed by atoms with van der Waals surface area (Å²) in [7, 11) is 0. The molecule has 0 spiro atoms. The van der Waals surface area contributed by atoms with E-state index in [1.807, 2.05) is 13.0 Å². The number of carbonyl (C=O) groups is 1. The first-order chi connectivity index (χ1) is 8.31. The molecular formula is C15H26O2. The van der Waals surface area contributed by atoms with Gasteiger partial charge in [0.2, 0.25) is 0 Å². The third kappa shape index (κ3) is 12.9. The zero-order valence-corrected chi connectivity index (χ0v) is 11.3. The van der Waals surface area contributed by atoms with Gasteiger partial charge in [-0.2, -0.15) is 0 Å². The standard InChI is InChI=1S/C15H26O2/c1-3-5-6-7-8-9-10-11-12-13-14-15(16)17-4-2/h9-10,13-14H,3-8,11-12H2,1-2H3. The van der Waals surface area contributed by atoms with Crippen LogP contribution in [0, 0.1) is 0 Å². The molecule has 0 amide bonds. The van der Waals surface area contributed by atoms with Gasteiger partial charge in [-0.1, -0.05) is 44.4 Å². The lowest BCUT2D eigenvalue weighted by atomic mass is 10.1. The van der Waals surface area contributed by atoms with Gasteiger partial charge in [-0.05, 0) is 32.6 Å². The van der Waals surface area contributed by atoms with Crippen LogP contribution >= 0.6 is 0 Å². The fourth-order valence-electron chi connectivity index (χ4n) is 1.49. The summed E-state index contributed by atoms with van der Waals surface area (Å²) >= 11 is 0. The Morgan fingerprint density at radius 2 is 1.65 bits per heavy atom. The van der Waals surface area contributed by atoms with E-state index in [2.05, 4.69) is 19.1 Å². The van der Waals surface area contributed by atoms with E-state index in [4.69, 9.17) is 4.74 Å². The minimum atomic E-state index is -0.240. The largest absolute Gasteiger partial charge is 0.463 e. The first kappa shape index (κ1) is 16.0. The van der Waals surface area contributed by atoms with Gasteiger partial charge in [-0.3, -0.25) is 0 Å². The van der Waals surface area contributed by atoms with Gasteiger partial charge in [0.05, 0.1) is 6.61 Å². The number of carbonyl (C=O) groups excluding carboxylic acids is 1. The van der Waals surface area contributed by atoms with Gasteiger partial charge >= 0.3 is 5.97 Å². The summed E-state index contributed by atoms with van der Waals surface area (Å²) < 4.78 is 4.78. The van der Waals surface area contributed by atoms with E-state index < -0.39 is 0 Å². The molecule has 0 aromatic rings. The Balaban J connectivity index is 3.32. The molecule has 0 heterocycles. The lowest BCUT2D eigenvalue weighted by Crippen LogP contribution is -1.98. The smallest absolute Gasteiger partial charge is 0.330 e. The summed E-state index contributed by atoms with van der Waals surface area (Å²) in [6, 6.07) is 0. The van der Waals surface area contributed by atoms with Crippen LogP contribution < -0.4 is 0 Å². The van der Waals surface area contributed by atoms with E-state index in [0.717, 1.165) is 12.8 Å². The normalized spacial score (nSPS) is 11.4. The summed E-state index contributed by atoms with van der Waals surface area (Å²) in [4.78, 5) is 11.0. The van der Waals surface area contributed by atoms with Crippen LogP contribution in [0.2, 0.25) is 0 Å². The van der Waals surface area contributed by atoms with Crippen molar-refractivity contribution in [3.05, 3.63) is 24.3 Å². The highest BCUT2D eigenvalue weighted by Gasteiger charge is 1.91. The van der Waals surface area contributed by atoms with Crippen molar-refractivity contribution >= 4 is 5.97 Å². The molecule has 0 fully saturated rings. The highest BCUT2D eigenvalue weighted by atomic mass is 16.5. The molecule has 0 N–H and O–H groups in total. The van der Waals surface area contributed by atoms with E-state index in [1.54, 1.807) is 0 Å². The first-order valence-corrected chi connectivity index (χ1v) is 6.79. The summed E-state index contributed by atoms with van der Waals surface area (Å²) in [6.07, 6.45) is 16.2. The predicted molar refractivity (Wildman–Crippen MR) is 72.9 cm³/mol. The van der Waals surface area contributed by atoms with Gasteiger partial charge in [0.15, 0.2) is 0 Å². The Hall–Kier alpha value is -1.05. The maximum Gasteiger partial charge on any atom is 0.330 e.